The maximum atomic E-state index is 11.7. The number of hydrogen-bond donors (Lipinski definition) is 1. The van der Waals surface area contributed by atoms with Gasteiger partial charge in [-0.1, -0.05) is 18.6 Å². The molecule has 1 fully saturated rings. The first-order valence-electron chi connectivity index (χ1n) is 6.11. The van der Waals surface area contributed by atoms with Gasteiger partial charge < -0.3 is 5.32 Å². The number of nitrogens with one attached hydrogen (secondary N) is 1. The summed E-state index contributed by atoms with van der Waals surface area (Å²) in [5, 5.41) is 4.00. The van der Waals surface area contributed by atoms with Crippen LogP contribution in [0.25, 0.3) is 0 Å². The summed E-state index contributed by atoms with van der Waals surface area (Å²) in [6.07, 6.45) is 6.91. The van der Waals surface area contributed by atoms with Crippen LogP contribution in [0.1, 0.15) is 19.3 Å². The van der Waals surface area contributed by atoms with Gasteiger partial charge in [0.25, 0.3) is 0 Å². The molecule has 0 aromatic heterocycles. The van der Waals surface area contributed by atoms with Crippen LogP contribution in [0.4, 0.5) is 5.69 Å². The van der Waals surface area contributed by atoms with Crippen molar-refractivity contribution in [1.29, 1.82) is 0 Å². The first-order chi connectivity index (χ1) is 8.52. The monoisotopic (exact) mass is 285 g/mol. The fourth-order valence-corrected chi connectivity index (χ4v) is 4.27. The van der Waals surface area contributed by atoms with E-state index >= 15 is 0 Å². The molecule has 3 nitrogen and oxygen atoms in total. The van der Waals surface area contributed by atoms with E-state index in [-0.39, 0.29) is 0 Å². The average Bonchev–Trinajstić information content (AvgIpc) is 2.75. The second-order valence-corrected chi connectivity index (χ2v) is 7.79. The number of para-hydroxylation sites is 1. The Labute approximate surface area is 113 Å². The molecule has 1 aromatic carbocycles. The van der Waals surface area contributed by atoms with E-state index in [1.165, 1.54) is 19.1 Å². The predicted molar refractivity (Wildman–Crippen MR) is 78.1 cm³/mol. The highest BCUT2D eigenvalue weighted by Gasteiger charge is 2.27. The molecule has 0 bridgehead atoms. The van der Waals surface area contributed by atoms with Crippen molar-refractivity contribution >= 4 is 27.3 Å². The molecule has 0 heterocycles. The molecule has 0 aliphatic heterocycles. The molecule has 1 aliphatic rings. The highest BCUT2D eigenvalue weighted by molar-refractivity contribution is 7.99. The Bertz CT molecular complexity index is 513. The number of hydrogen-bond acceptors (Lipinski definition) is 4. The van der Waals surface area contributed by atoms with Crippen molar-refractivity contribution in [3.8, 4) is 0 Å². The number of sulfone groups is 1. The van der Waals surface area contributed by atoms with Crippen LogP contribution in [-0.4, -0.2) is 32.2 Å². The minimum atomic E-state index is -3.17. The van der Waals surface area contributed by atoms with Crippen molar-refractivity contribution < 1.29 is 8.42 Å². The van der Waals surface area contributed by atoms with Crippen molar-refractivity contribution in [3.05, 3.63) is 24.3 Å². The van der Waals surface area contributed by atoms with Crippen molar-refractivity contribution in [1.82, 2.24) is 0 Å². The van der Waals surface area contributed by atoms with Crippen molar-refractivity contribution in [3.63, 3.8) is 0 Å². The minimum absolute atomic E-state index is 0.378. The van der Waals surface area contributed by atoms with E-state index in [0.29, 0.717) is 16.2 Å². The Balaban J connectivity index is 2.24. The van der Waals surface area contributed by atoms with Crippen molar-refractivity contribution in [2.24, 2.45) is 0 Å². The molecule has 0 spiro atoms. The summed E-state index contributed by atoms with van der Waals surface area (Å²) in [7, 11) is -3.17. The molecule has 1 aliphatic carbocycles. The summed E-state index contributed by atoms with van der Waals surface area (Å²) in [6.45, 7) is 0. The van der Waals surface area contributed by atoms with Crippen LogP contribution < -0.4 is 5.32 Å². The van der Waals surface area contributed by atoms with Crippen LogP contribution in [0.2, 0.25) is 0 Å². The third-order valence-electron chi connectivity index (χ3n) is 3.38. The number of anilines is 1. The van der Waals surface area contributed by atoms with Crippen molar-refractivity contribution in [2.45, 2.75) is 35.4 Å². The molecule has 5 heteroatoms. The second-order valence-electron chi connectivity index (χ2n) is 4.72. The lowest BCUT2D eigenvalue weighted by molar-refractivity contribution is 0.602. The van der Waals surface area contributed by atoms with E-state index in [4.69, 9.17) is 0 Å². The Morgan fingerprint density at radius 1 is 1.28 bits per heavy atom. The van der Waals surface area contributed by atoms with E-state index in [1.54, 1.807) is 12.1 Å². The third-order valence-corrected chi connectivity index (χ3v) is 5.71. The summed E-state index contributed by atoms with van der Waals surface area (Å²) in [4.78, 5) is 0.400. The third kappa shape index (κ3) is 3.01. The number of benzene rings is 1. The Morgan fingerprint density at radius 3 is 2.67 bits per heavy atom. The molecule has 0 amide bonds. The maximum Gasteiger partial charge on any atom is 0.177 e. The highest BCUT2D eigenvalue weighted by atomic mass is 32.2. The Hall–Kier alpha value is -0.680. The first-order valence-corrected chi connectivity index (χ1v) is 9.28. The van der Waals surface area contributed by atoms with Crippen LogP contribution in [0.15, 0.2) is 29.2 Å². The topological polar surface area (TPSA) is 46.2 Å². The highest BCUT2D eigenvalue weighted by Crippen LogP contribution is 2.32. The van der Waals surface area contributed by atoms with Gasteiger partial charge in [-0.3, -0.25) is 0 Å². The second kappa shape index (κ2) is 5.53. The standard InChI is InChI=1S/C13H19NO2S2/c1-17-12-8-5-7-10(12)14-11-6-3-4-9-13(11)18(2,15)16/h3-4,6,9-10,12,14H,5,7-8H2,1-2H3. The Kier molecular flexibility index (Phi) is 4.22. The lowest BCUT2D eigenvalue weighted by Gasteiger charge is -2.21. The molecule has 2 unspecified atom stereocenters. The molecule has 1 N–H and O–H groups in total. The maximum absolute atomic E-state index is 11.7. The summed E-state index contributed by atoms with van der Waals surface area (Å²) < 4.78 is 23.5. The predicted octanol–water partition coefficient (Wildman–Crippen LogP) is 2.79. The zero-order valence-electron chi connectivity index (χ0n) is 10.7. The summed E-state index contributed by atoms with van der Waals surface area (Å²) >= 11 is 1.86. The molecule has 2 atom stereocenters. The van der Waals surface area contributed by atoms with E-state index in [0.717, 1.165) is 12.1 Å². The largest absolute Gasteiger partial charge is 0.380 e. The normalized spacial score (nSPS) is 24.1. The van der Waals surface area contributed by atoms with Crippen LogP contribution in [-0.2, 0) is 9.84 Å². The van der Waals surface area contributed by atoms with Crippen LogP contribution in [0.3, 0.4) is 0 Å². The molecule has 0 saturated heterocycles. The quantitative estimate of drug-likeness (QED) is 0.924. The van der Waals surface area contributed by atoms with Gasteiger partial charge in [0, 0.05) is 17.5 Å². The van der Waals surface area contributed by atoms with Gasteiger partial charge in [0.2, 0.25) is 0 Å². The molecule has 1 aromatic rings. The number of rotatable bonds is 4. The summed E-state index contributed by atoms with van der Waals surface area (Å²) in [5.41, 5.74) is 0.742. The molecule has 100 valence electrons. The molecule has 2 rings (SSSR count). The molecule has 0 radical (unpaired) electrons. The van der Waals surface area contributed by atoms with E-state index in [1.807, 2.05) is 23.9 Å². The molecule has 1 saturated carbocycles. The zero-order chi connectivity index (χ0) is 13.2. The van der Waals surface area contributed by atoms with Gasteiger partial charge in [0.1, 0.15) is 0 Å². The fourth-order valence-electron chi connectivity index (χ4n) is 2.48. The van der Waals surface area contributed by atoms with Gasteiger partial charge in [-0.15, -0.1) is 0 Å². The Morgan fingerprint density at radius 2 is 2.00 bits per heavy atom. The lowest BCUT2D eigenvalue weighted by atomic mass is 10.2. The molecular formula is C13H19NO2S2. The van der Waals surface area contributed by atoms with Gasteiger partial charge in [0.05, 0.1) is 10.6 Å². The lowest BCUT2D eigenvalue weighted by Crippen LogP contribution is -2.26. The average molecular weight is 285 g/mol. The molecular weight excluding hydrogens is 266 g/mol. The van der Waals surface area contributed by atoms with E-state index in [9.17, 15) is 8.42 Å². The first kappa shape index (κ1) is 13.7. The molecule has 18 heavy (non-hydrogen) atoms. The van der Waals surface area contributed by atoms with E-state index in [2.05, 4.69) is 11.6 Å². The van der Waals surface area contributed by atoms with Crippen LogP contribution in [0.5, 0.6) is 0 Å². The van der Waals surface area contributed by atoms with Crippen LogP contribution in [0, 0.1) is 0 Å². The van der Waals surface area contributed by atoms with Gasteiger partial charge in [-0.25, -0.2) is 8.42 Å². The van der Waals surface area contributed by atoms with Crippen LogP contribution >= 0.6 is 11.8 Å². The zero-order valence-corrected chi connectivity index (χ0v) is 12.4. The van der Waals surface area contributed by atoms with Gasteiger partial charge in [0.15, 0.2) is 9.84 Å². The smallest absolute Gasteiger partial charge is 0.177 e. The fraction of sp³-hybridized carbons (Fsp3) is 0.538. The SMILES string of the molecule is CSC1CCCC1Nc1ccccc1S(C)(=O)=O. The van der Waals surface area contributed by atoms with Crippen molar-refractivity contribution in [2.75, 3.05) is 17.8 Å². The summed E-state index contributed by atoms with van der Waals surface area (Å²) in [5.74, 6) is 0. The van der Waals surface area contributed by atoms with E-state index < -0.39 is 9.84 Å². The van der Waals surface area contributed by atoms with Gasteiger partial charge in [-0.2, -0.15) is 11.8 Å². The van der Waals surface area contributed by atoms with Gasteiger partial charge in [-0.05, 0) is 31.2 Å². The minimum Gasteiger partial charge on any atom is -0.380 e. The van der Waals surface area contributed by atoms with Gasteiger partial charge >= 0.3 is 0 Å². The summed E-state index contributed by atoms with van der Waals surface area (Å²) in [6, 6.07) is 7.54. The number of thioether (sulfide) groups is 1.